The van der Waals surface area contributed by atoms with Crippen molar-refractivity contribution in [3.8, 4) is 0 Å². The number of anilines is 2. The zero-order valence-electron chi connectivity index (χ0n) is 14.5. The number of nitrogens with one attached hydrogen (secondary N) is 1. The predicted molar refractivity (Wildman–Crippen MR) is 98.9 cm³/mol. The summed E-state index contributed by atoms with van der Waals surface area (Å²) in [6, 6.07) is 8.06. The van der Waals surface area contributed by atoms with E-state index in [1.807, 2.05) is 22.8 Å². The first kappa shape index (κ1) is 15.8. The number of fused-ring (bicyclic) bond motifs is 1. The van der Waals surface area contributed by atoms with Crippen LogP contribution in [0.5, 0.6) is 0 Å². The molecule has 1 aliphatic rings. The van der Waals surface area contributed by atoms with Crippen LogP contribution in [0.3, 0.4) is 0 Å². The van der Waals surface area contributed by atoms with Crippen LogP contribution in [0, 0.1) is 0 Å². The Balaban J connectivity index is 1.60. The van der Waals surface area contributed by atoms with Crippen molar-refractivity contribution in [3.63, 3.8) is 0 Å². The van der Waals surface area contributed by atoms with E-state index in [2.05, 4.69) is 44.4 Å². The van der Waals surface area contributed by atoms with Gasteiger partial charge in [0.2, 0.25) is 0 Å². The van der Waals surface area contributed by atoms with Crippen molar-refractivity contribution in [1.82, 2.24) is 24.5 Å². The molecule has 3 aromatic rings. The fourth-order valence-corrected chi connectivity index (χ4v) is 3.16. The minimum atomic E-state index is 0.703. The van der Waals surface area contributed by atoms with Gasteiger partial charge in [-0.05, 0) is 31.6 Å². The Morgan fingerprint density at radius 2 is 2.08 bits per heavy atom. The molecule has 4 rings (SSSR count). The van der Waals surface area contributed by atoms with Crippen molar-refractivity contribution in [2.75, 3.05) is 43.4 Å². The van der Waals surface area contributed by atoms with Gasteiger partial charge in [-0.1, -0.05) is 6.07 Å². The topological polar surface area (TPSA) is 61.6 Å². The fourth-order valence-electron chi connectivity index (χ4n) is 3.16. The molecule has 1 saturated heterocycles. The molecule has 130 valence electrons. The Labute approximate surface area is 147 Å². The molecule has 0 aromatic carbocycles. The largest absolute Gasteiger partial charge is 0.366 e. The normalized spacial score (nSPS) is 16.1. The van der Waals surface area contributed by atoms with Crippen molar-refractivity contribution in [3.05, 3.63) is 48.4 Å². The van der Waals surface area contributed by atoms with Crippen LogP contribution in [0.25, 0.3) is 5.65 Å². The summed E-state index contributed by atoms with van der Waals surface area (Å²) in [6.45, 7) is 4.93. The van der Waals surface area contributed by atoms with E-state index in [0.717, 1.165) is 55.4 Å². The number of likely N-dealkylation sites (N-methyl/N-ethyl adjacent to an activating group) is 1. The van der Waals surface area contributed by atoms with Gasteiger partial charge >= 0.3 is 0 Å². The van der Waals surface area contributed by atoms with Crippen LogP contribution < -0.4 is 10.2 Å². The maximum absolute atomic E-state index is 4.80. The molecular weight excluding hydrogens is 314 g/mol. The molecule has 1 fully saturated rings. The molecule has 1 aliphatic heterocycles. The average molecular weight is 337 g/mol. The highest BCUT2D eigenvalue weighted by molar-refractivity contribution is 5.58. The minimum absolute atomic E-state index is 0.703. The van der Waals surface area contributed by atoms with Crippen molar-refractivity contribution < 1.29 is 0 Å². The Bertz CT molecular complexity index is 830. The average Bonchev–Trinajstić information content (AvgIpc) is 3.01. The molecular formula is C18H23N7. The summed E-state index contributed by atoms with van der Waals surface area (Å²) in [7, 11) is 2.18. The smallest absolute Gasteiger partial charge is 0.159 e. The van der Waals surface area contributed by atoms with E-state index in [4.69, 9.17) is 4.98 Å². The summed E-state index contributed by atoms with van der Waals surface area (Å²) >= 11 is 0. The molecule has 0 aliphatic carbocycles. The van der Waals surface area contributed by atoms with Gasteiger partial charge in [-0.3, -0.25) is 4.98 Å². The Morgan fingerprint density at radius 1 is 1.12 bits per heavy atom. The lowest BCUT2D eigenvalue weighted by Crippen LogP contribution is -2.29. The molecule has 0 spiro atoms. The van der Waals surface area contributed by atoms with Gasteiger partial charge in [0.1, 0.15) is 11.6 Å². The summed E-state index contributed by atoms with van der Waals surface area (Å²) in [6.07, 6.45) is 6.61. The Kier molecular flexibility index (Phi) is 4.47. The zero-order chi connectivity index (χ0) is 17.1. The van der Waals surface area contributed by atoms with E-state index in [9.17, 15) is 0 Å². The molecule has 0 unspecified atom stereocenters. The molecule has 0 atom stereocenters. The second-order valence-corrected chi connectivity index (χ2v) is 6.46. The summed E-state index contributed by atoms with van der Waals surface area (Å²) in [5, 5.41) is 7.87. The zero-order valence-corrected chi connectivity index (χ0v) is 14.5. The molecule has 3 aromatic heterocycles. The number of hydrogen-bond acceptors (Lipinski definition) is 6. The van der Waals surface area contributed by atoms with E-state index in [-0.39, 0.29) is 0 Å². The number of pyridine rings is 1. The van der Waals surface area contributed by atoms with Crippen LogP contribution in [0.4, 0.5) is 11.6 Å². The van der Waals surface area contributed by atoms with Gasteiger partial charge in [0, 0.05) is 50.7 Å². The van der Waals surface area contributed by atoms with Gasteiger partial charge in [0.15, 0.2) is 5.65 Å². The third-order valence-corrected chi connectivity index (χ3v) is 4.59. The fraction of sp³-hybridized carbons (Fsp3) is 0.389. The third kappa shape index (κ3) is 3.56. The van der Waals surface area contributed by atoms with E-state index in [1.165, 1.54) is 0 Å². The van der Waals surface area contributed by atoms with Crippen LogP contribution in [0.15, 0.2) is 42.9 Å². The second-order valence-electron chi connectivity index (χ2n) is 6.46. The SMILES string of the molecule is CN1CCCN(c2cc(NCc3cccnc3)n3nccc3n2)CC1. The van der Waals surface area contributed by atoms with Crippen LogP contribution in [-0.2, 0) is 6.54 Å². The molecule has 0 bridgehead atoms. The molecule has 25 heavy (non-hydrogen) atoms. The highest BCUT2D eigenvalue weighted by atomic mass is 15.3. The molecule has 7 heteroatoms. The maximum Gasteiger partial charge on any atom is 0.159 e. The van der Waals surface area contributed by atoms with Crippen molar-refractivity contribution in [2.45, 2.75) is 13.0 Å². The molecule has 0 radical (unpaired) electrons. The second kappa shape index (κ2) is 7.06. The van der Waals surface area contributed by atoms with Crippen LogP contribution in [0.2, 0.25) is 0 Å². The van der Waals surface area contributed by atoms with Gasteiger partial charge in [0.25, 0.3) is 0 Å². The van der Waals surface area contributed by atoms with Crippen molar-refractivity contribution in [1.29, 1.82) is 0 Å². The summed E-state index contributed by atoms with van der Waals surface area (Å²) in [4.78, 5) is 13.7. The van der Waals surface area contributed by atoms with Crippen LogP contribution in [-0.4, -0.2) is 57.7 Å². The molecule has 0 amide bonds. The van der Waals surface area contributed by atoms with Crippen LogP contribution in [0.1, 0.15) is 12.0 Å². The first-order valence-electron chi connectivity index (χ1n) is 8.71. The molecule has 0 saturated carbocycles. The standard InChI is InChI=1S/C18H23N7/c1-23-8-3-9-24(11-10-23)18-12-17(25-16(22-18)5-7-21-25)20-14-15-4-2-6-19-13-15/h2,4-7,12-13,20H,3,8-11,14H2,1H3. The predicted octanol–water partition coefficient (Wildman–Crippen LogP) is 1.88. The lowest BCUT2D eigenvalue weighted by Gasteiger charge is -2.22. The van der Waals surface area contributed by atoms with Crippen molar-refractivity contribution in [2.24, 2.45) is 0 Å². The lowest BCUT2D eigenvalue weighted by molar-refractivity contribution is 0.360. The third-order valence-electron chi connectivity index (χ3n) is 4.59. The molecule has 1 N–H and O–H groups in total. The number of hydrogen-bond donors (Lipinski definition) is 1. The van der Waals surface area contributed by atoms with Gasteiger partial charge in [0.05, 0.1) is 6.20 Å². The van der Waals surface area contributed by atoms with E-state index in [0.29, 0.717) is 6.54 Å². The highest BCUT2D eigenvalue weighted by Crippen LogP contribution is 2.21. The molecule has 4 heterocycles. The number of aromatic nitrogens is 4. The quantitative estimate of drug-likeness (QED) is 0.784. The molecule has 7 nitrogen and oxygen atoms in total. The van der Waals surface area contributed by atoms with Gasteiger partial charge < -0.3 is 15.1 Å². The van der Waals surface area contributed by atoms with Gasteiger partial charge in [-0.25, -0.2) is 4.98 Å². The Hall–Kier alpha value is -2.67. The van der Waals surface area contributed by atoms with Gasteiger partial charge in [-0.2, -0.15) is 9.61 Å². The highest BCUT2D eigenvalue weighted by Gasteiger charge is 2.16. The minimum Gasteiger partial charge on any atom is -0.366 e. The first-order valence-corrected chi connectivity index (χ1v) is 8.71. The van der Waals surface area contributed by atoms with E-state index in [1.54, 1.807) is 12.4 Å². The van der Waals surface area contributed by atoms with Crippen LogP contribution >= 0.6 is 0 Å². The summed E-state index contributed by atoms with van der Waals surface area (Å²) in [5.74, 6) is 1.96. The summed E-state index contributed by atoms with van der Waals surface area (Å²) < 4.78 is 1.85. The van der Waals surface area contributed by atoms with Gasteiger partial charge in [-0.15, -0.1) is 0 Å². The van der Waals surface area contributed by atoms with Crippen molar-refractivity contribution >= 4 is 17.3 Å². The Morgan fingerprint density at radius 3 is 2.96 bits per heavy atom. The van der Waals surface area contributed by atoms with E-state index >= 15 is 0 Å². The lowest BCUT2D eigenvalue weighted by atomic mass is 10.3. The number of nitrogens with zero attached hydrogens (tertiary/aromatic N) is 6. The first-order chi connectivity index (χ1) is 12.3. The summed E-state index contributed by atoms with van der Waals surface area (Å²) in [5.41, 5.74) is 2.00. The van der Waals surface area contributed by atoms with E-state index < -0.39 is 0 Å². The number of rotatable bonds is 4. The monoisotopic (exact) mass is 337 g/mol. The maximum atomic E-state index is 4.80.